The predicted molar refractivity (Wildman–Crippen MR) is 67.2 cm³/mol. The molecule has 86 valence electrons. The van der Waals surface area contributed by atoms with E-state index in [4.69, 9.17) is 0 Å². The summed E-state index contributed by atoms with van der Waals surface area (Å²) >= 11 is 4.17. The second kappa shape index (κ2) is 5.06. The normalized spacial score (nSPS) is 21.3. The van der Waals surface area contributed by atoms with Gasteiger partial charge in [0.1, 0.15) is 0 Å². The van der Waals surface area contributed by atoms with E-state index in [1.807, 2.05) is 4.90 Å². The van der Waals surface area contributed by atoms with Gasteiger partial charge in [-0.05, 0) is 23.8 Å². The zero-order valence-electron chi connectivity index (χ0n) is 9.75. The van der Waals surface area contributed by atoms with E-state index in [0.717, 1.165) is 25.0 Å². The Kier molecular flexibility index (Phi) is 4.26. The molecule has 1 rings (SSSR count). The SMILES string of the molecule is C=C(CS)CN1CCC(C)(C)CCC1=O. The highest BCUT2D eigenvalue weighted by Crippen LogP contribution is 2.30. The first-order chi connectivity index (χ1) is 6.94. The minimum Gasteiger partial charge on any atom is -0.339 e. The van der Waals surface area contributed by atoms with Crippen LogP contribution in [0.15, 0.2) is 12.2 Å². The van der Waals surface area contributed by atoms with E-state index in [1.165, 1.54) is 0 Å². The number of rotatable bonds is 3. The lowest BCUT2D eigenvalue weighted by molar-refractivity contribution is -0.130. The van der Waals surface area contributed by atoms with Gasteiger partial charge in [-0.1, -0.05) is 20.4 Å². The molecule has 2 nitrogen and oxygen atoms in total. The van der Waals surface area contributed by atoms with E-state index in [2.05, 4.69) is 33.1 Å². The molecule has 1 amide bonds. The molecule has 1 aliphatic heterocycles. The summed E-state index contributed by atoms with van der Waals surface area (Å²) in [6.07, 6.45) is 2.75. The maximum atomic E-state index is 11.8. The molecule has 0 bridgehead atoms. The first-order valence-electron chi connectivity index (χ1n) is 5.50. The van der Waals surface area contributed by atoms with Crippen molar-refractivity contribution >= 4 is 18.5 Å². The van der Waals surface area contributed by atoms with Crippen LogP contribution < -0.4 is 0 Å². The molecule has 0 aliphatic carbocycles. The van der Waals surface area contributed by atoms with Gasteiger partial charge >= 0.3 is 0 Å². The smallest absolute Gasteiger partial charge is 0.222 e. The molecular formula is C12H21NOS. The fraction of sp³-hybridized carbons (Fsp3) is 0.750. The minimum absolute atomic E-state index is 0.267. The fourth-order valence-electron chi connectivity index (χ4n) is 1.78. The van der Waals surface area contributed by atoms with Crippen molar-refractivity contribution in [3.05, 3.63) is 12.2 Å². The number of amides is 1. The largest absolute Gasteiger partial charge is 0.339 e. The van der Waals surface area contributed by atoms with Gasteiger partial charge in [0, 0.05) is 25.3 Å². The number of hydrogen-bond donors (Lipinski definition) is 1. The van der Waals surface area contributed by atoms with Crippen LogP contribution in [0.25, 0.3) is 0 Å². The maximum Gasteiger partial charge on any atom is 0.222 e. The zero-order valence-corrected chi connectivity index (χ0v) is 10.6. The molecule has 0 radical (unpaired) electrons. The molecule has 1 heterocycles. The van der Waals surface area contributed by atoms with Crippen LogP contribution in [-0.2, 0) is 4.79 Å². The Morgan fingerprint density at radius 2 is 2.20 bits per heavy atom. The molecule has 0 N–H and O–H groups in total. The molecule has 0 saturated carbocycles. The number of hydrogen-bond acceptors (Lipinski definition) is 2. The monoisotopic (exact) mass is 227 g/mol. The summed E-state index contributed by atoms with van der Waals surface area (Å²) < 4.78 is 0. The Hall–Kier alpha value is -0.440. The van der Waals surface area contributed by atoms with Crippen LogP contribution in [0, 0.1) is 5.41 Å². The molecule has 0 aromatic rings. The fourth-order valence-corrected chi connectivity index (χ4v) is 1.88. The lowest BCUT2D eigenvalue weighted by atomic mass is 9.85. The Morgan fingerprint density at radius 1 is 1.53 bits per heavy atom. The topological polar surface area (TPSA) is 20.3 Å². The van der Waals surface area contributed by atoms with E-state index >= 15 is 0 Å². The van der Waals surface area contributed by atoms with Crippen molar-refractivity contribution in [2.24, 2.45) is 5.41 Å². The lowest BCUT2D eigenvalue weighted by Crippen LogP contribution is -2.32. The Balaban J connectivity index is 2.58. The average Bonchev–Trinajstić information content (AvgIpc) is 2.31. The van der Waals surface area contributed by atoms with Crippen molar-refractivity contribution in [1.82, 2.24) is 4.90 Å². The molecule has 15 heavy (non-hydrogen) atoms. The van der Waals surface area contributed by atoms with Crippen molar-refractivity contribution in [3.8, 4) is 0 Å². The van der Waals surface area contributed by atoms with Crippen molar-refractivity contribution in [1.29, 1.82) is 0 Å². The highest BCUT2D eigenvalue weighted by Gasteiger charge is 2.27. The summed E-state index contributed by atoms with van der Waals surface area (Å²) in [6, 6.07) is 0. The Labute approximate surface area is 98.1 Å². The van der Waals surface area contributed by atoms with Crippen LogP contribution in [0.5, 0.6) is 0 Å². The van der Waals surface area contributed by atoms with E-state index < -0.39 is 0 Å². The average molecular weight is 227 g/mol. The maximum absolute atomic E-state index is 11.8. The molecule has 0 aromatic heterocycles. The van der Waals surface area contributed by atoms with Gasteiger partial charge in [-0.3, -0.25) is 4.79 Å². The van der Waals surface area contributed by atoms with Gasteiger partial charge in [0.25, 0.3) is 0 Å². The molecule has 3 heteroatoms. The van der Waals surface area contributed by atoms with E-state index in [1.54, 1.807) is 0 Å². The van der Waals surface area contributed by atoms with Crippen LogP contribution in [0.2, 0.25) is 0 Å². The molecule has 0 unspecified atom stereocenters. The predicted octanol–water partition coefficient (Wildman–Crippen LogP) is 2.51. The molecular weight excluding hydrogens is 206 g/mol. The van der Waals surface area contributed by atoms with Gasteiger partial charge < -0.3 is 4.90 Å². The van der Waals surface area contributed by atoms with Gasteiger partial charge in [0.2, 0.25) is 5.91 Å². The minimum atomic E-state index is 0.267. The summed E-state index contributed by atoms with van der Waals surface area (Å²) in [5.41, 5.74) is 1.32. The van der Waals surface area contributed by atoms with Gasteiger partial charge in [-0.25, -0.2) is 0 Å². The van der Waals surface area contributed by atoms with Gasteiger partial charge in [0.05, 0.1) is 0 Å². The molecule has 0 aromatic carbocycles. The van der Waals surface area contributed by atoms with E-state index in [9.17, 15) is 4.79 Å². The van der Waals surface area contributed by atoms with Crippen LogP contribution in [0.4, 0.5) is 0 Å². The first-order valence-corrected chi connectivity index (χ1v) is 6.13. The van der Waals surface area contributed by atoms with Gasteiger partial charge in [0.15, 0.2) is 0 Å². The van der Waals surface area contributed by atoms with E-state index in [-0.39, 0.29) is 5.91 Å². The number of carbonyl (C=O) groups excluding carboxylic acids is 1. The van der Waals surface area contributed by atoms with Gasteiger partial charge in [-0.2, -0.15) is 12.6 Å². The molecule has 1 saturated heterocycles. The quantitative estimate of drug-likeness (QED) is 0.580. The third-order valence-corrected chi connectivity index (χ3v) is 3.51. The number of likely N-dealkylation sites (tertiary alicyclic amines) is 1. The summed E-state index contributed by atoms with van der Waals surface area (Å²) in [4.78, 5) is 13.7. The van der Waals surface area contributed by atoms with Crippen LogP contribution >= 0.6 is 12.6 Å². The van der Waals surface area contributed by atoms with E-state index in [0.29, 0.717) is 24.1 Å². The summed E-state index contributed by atoms with van der Waals surface area (Å²) in [6.45, 7) is 9.90. The molecule has 1 fully saturated rings. The molecule has 0 atom stereocenters. The van der Waals surface area contributed by atoms with Crippen molar-refractivity contribution in [2.45, 2.75) is 33.1 Å². The number of thiol groups is 1. The van der Waals surface area contributed by atoms with Gasteiger partial charge in [-0.15, -0.1) is 0 Å². The third-order valence-electron chi connectivity index (χ3n) is 3.06. The summed E-state index contributed by atoms with van der Waals surface area (Å²) in [5, 5.41) is 0. The van der Waals surface area contributed by atoms with Crippen LogP contribution in [0.3, 0.4) is 0 Å². The highest BCUT2D eigenvalue weighted by molar-refractivity contribution is 7.80. The lowest BCUT2D eigenvalue weighted by Gasteiger charge is -2.23. The van der Waals surface area contributed by atoms with Crippen molar-refractivity contribution in [3.63, 3.8) is 0 Å². The second-order valence-electron chi connectivity index (χ2n) is 5.14. The zero-order chi connectivity index (χ0) is 11.5. The van der Waals surface area contributed by atoms with Crippen molar-refractivity contribution in [2.75, 3.05) is 18.8 Å². The summed E-state index contributed by atoms with van der Waals surface area (Å²) in [7, 11) is 0. The van der Waals surface area contributed by atoms with Crippen LogP contribution in [-0.4, -0.2) is 29.6 Å². The second-order valence-corrected chi connectivity index (χ2v) is 5.45. The number of nitrogens with zero attached hydrogens (tertiary/aromatic N) is 1. The molecule has 1 aliphatic rings. The Morgan fingerprint density at radius 3 is 2.80 bits per heavy atom. The third kappa shape index (κ3) is 3.90. The van der Waals surface area contributed by atoms with Crippen LogP contribution in [0.1, 0.15) is 33.1 Å². The standard InChI is InChI=1S/C12H21NOS/c1-10(9-15)8-13-7-6-12(2,3)5-4-11(13)14/h15H,1,4-9H2,2-3H3. The highest BCUT2D eigenvalue weighted by atomic mass is 32.1. The molecule has 0 spiro atoms. The number of carbonyl (C=O) groups is 1. The summed E-state index contributed by atoms with van der Waals surface area (Å²) in [5.74, 6) is 0.927. The van der Waals surface area contributed by atoms with Crippen molar-refractivity contribution < 1.29 is 4.79 Å². The first kappa shape index (κ1) is 12.6. The Bertz CT molecular complexity index is 260.